The van der Waals surface area contributed by atoms with Crippen LogP contribution in [0.5, 0.6) is 0 Å². The Morgan fingerprint density at radius 3 is 2.53 bits per heavy atom. The first-order valence-electron chi connectivity index (χ1n) is 5.18. The van der Waals surface area contributed by atoms with Crippen LogP contribution in [0.3, 0.4) is 0 Å². The predicted octanol–water partition coefficient (Wildman–Crippen LogP) is 1.74. The van der Waals surface area contributed by atoms with Gasteiger partial charge in [-0.3, -0.25) is 5.32 Å². The summed E-state index contributed by atoms with van der Waals surface area (Å²) >= 11 is 1.36. The van der Waals surface area contributed by atoms with Crippen LogP contribution in [0, 0.1) is 13.8 Å². The first-order valence-corrected chi connectivity index (χ1v) is 6.00. The molecule has 0 aliphatic carbocycles. The molecule has 2 amide bonds. The fourth-order valence-corrected chi connectivity index (χ4v) is 1.97. The van der Waals surface area contributed by atoms with Gasteiger partial charge >= 0.3 is 12.0 Å². The highest BCUT2D eigenvalue weighted by atomic mass is 32.1. The summed E-state index contributed by atoms with van der Waals surface area (Å²) in [6.07, 6.45) is 0.332. The molecule has 1 aromatic rings. The number of amides is 2. The van der Waals surface area contributed by atoms with Gasteiger partial charge in [0.2, 0.25) is 0 Å². The van der Waals surface area contributed by atoms with Crippen LogP contribution in [-0.2, 0) is 4.79 Å². The molecule has 0 aliphatic rings. The summed E-state index contributed by atoms with van der Waals surface area (Å²) in [5.41, 5.74) is 0.857. The first-order chi connectivity index (χ1) is 7.93. The van der Waals surface area contributed by atoms with Gasteiger partial charge in [-0.05, 0) is 20.3 Å². The number of hydrogen-bond donors (Lipinski definition) is 3. The van der Waals surface area contributed by atoms with Gasteiger partial charge < -0.3 is 10.4 Å². The monoisotopic (exact) mass is 257 g/mol. The summed E-state index contributed by atoms with van der Waals surface area (Å²) in [6.45, 7) is 5.44. The number of aromatic nitrogens is 1. The minimum Gasteiger partial charge on any atom is -0.480 e. The standard InChI is InChI=1S/C10H15N3O3S/c1-4-7(8(14)15)12-9(16)13-10-11-5(2)6(3)17-10/h7H,4H2,1-3H3,(H,14,15)(H2,11,12,13,16). The highest BCUT2D eigenvalue weighted by molar-refractivity contribution is 7.15. The molecular weight excluding hydrogens is 242 g/mol. The molecule has 1 heterocycles. The number of aryl methyl sites for hydroxylation is 2. The second kappa shape index (κ2) is 5.62. The molecule has 1 rings (SSSR count). The Balaban J connectivity index is 2.57. The number of aliphatic carboxylic acids is 1. The molecule has 0 spiro atoms. The second-order valence-electron chi connectivity index (χ2n) is 3.56. The van der Waals surface area contributed by atoms with E-state index in [-0.39, 0.29) is 0 Å². The van der Waals surface area contributed by atoms with E-state index in [0.29, 0.717) is 11.6 Å². The van der Waals surface area contributed by atoms with E-state index in [0.717, 1.165) is 10.6 Å². The fraction of sp³-hybridized carbons (Fsp3) is 0.500. The smallest absolute Gasteiger partial charge is 0.326 e. The van der Waals surface area contributed by atoms with Crippen molar-refractivity contribution in [3.8, 4) is 0 Å². The SMILES string of the molecule is CCC(NC(=O)Nc1nc(C)c(C)s1)C(=O)O. The van der Waals surface area contributed by atoms with E-state index in [1.165, 1.54) is 11.3 Å². The number of anilines is 1. The molecule has 0 aromatic carbocycles. The fourth-order valence-electron chi connectivity index (χ4n) is 1.16. The van der Waals surface area contributed by atoms with Crippen molar-refractivity contribution >= 4 is 28.5 Å². The van der Waals surface area contributed by atoms with Gasteiger partial charge in [-0.1, -0.05) is 6.92 Å². The van der Waals surface area contributed by atoms with Crippen LogP contribution in [-0.4, -0.2) is 28.1 Å². The lowest BCUT2D eigenvalue weighted by atomic mass is 10.2. The van der Waals surface area contributed by atoms with E-state index in [1.807, 2.05) is 13.8 Å². The van der Waals surface area contributed by atoms with Gasteiger partial charge in [-0.2, -0.15) is 0 Å². The Kier molecular flexibility index (Phi) is 4.45. The van der Waals surface area contributed by atoms with Crippen LogP contribution in [0.15, 0.2) is 0 Å². The average molecular weight is 257 g/mol. The molecule has 7 heteroatoms. The third-order valence-electron chi connectivity index (χ3n) is 2.26. The summed E-state index contributed by atoms with van der Waals surface area (Å²) in [7, 11) is 0. The zero-order valence-corrected chi connectivity index (χ0v) is 10.7. The number of nitrogens with zero attached hydrogens (tertiary/aromatic N) is 1. The van der Waals surface area contributed by atoms with E-state index in [2.05, 4.69) is 15.6 Å². The normalized spacial score (nSPS) is 11.9. The molecule has 6 nitrogen and oxygen atoms in total. The Morgan fingerprint density at radius 2 is 2.12 bits per heavy atom. The summed E-state index contributed by atoms with van der Waals surface area (Å²) < 4.78 is 0. The molecule has 0 bridgehead atoms. The van der Waals surface area contributed by atoms with E-state index in [4.69, 9.17) is 5.11 Å². The highest BCUT2D eigenvalue weighted by Crippen LogP contribution is 2.20. The Morgan fingerprint density at radius 1 is 1.47 bits per heavy atom. The molecular formula is C10H15N3O3S. The largest absolute Gasteiger partial charge is 0.480 e. The number of carboxylic acid groups (broad SMARTS) is 1. The third kappa shape index (κ3) is 3.70. The first kappa shape index (κ1) is 13.4. The van der Waals surface area contributed by atoms with E-state index < -0.39 is 18.0 Å². The molecule has 0 radical (unpaired) electrons. The van der Waals surface area contributed by atoms with E-state index in [1.54, 1.807) is 6.92 Å². The molecule has 94 valence electrons. The maximum absolute atomic E-state index is 11.5. The molecule has 1 atom stereocenters. The number of urea groups is 1. The zero-order chi connectivity index (χ0) is 13.0. The zero-order valence-electron chi connectivity index (χ0n) is 9.90. The quantitative estimate of drug-likeness (QED) is 0.766. The van der Waals surface area contributed by atoms with Crippen LogP contribution >= 0.6 is 11.3 Å². The Hall–Kier alpha value is -1.63. The number of thiazole rings is 1. The van der Waals surface area contributed by atoms with Crippen LogP contribution in [0.2, 0.25) is 0 Å². The highest BCUT2D eigenvalue weighted by Gasteiger charge is 2.18. The summed E-state index contributed by atoms with van der Waals surface area (Å²) in [5.74, 6) is -1.05. The van der Waals surface area contributed by atoms with Crippen molar-refractivity contribution < 1.29 is 14.7 Å². The van der Waals surface area contributed by atoms with Gasteiger partial charge in [0, 0.05) is 4.88 Å². The molecule has 0 saturated heterocycles. The topological polar surface area (TPSA) is 91.3 Å². The van der Waals surface area contributed by atoms with Crippen LogP contribution < -0.4 is 10.6 Å². The number of carbonyl (C=O) groups is 2. The lowest BCUT2D eigenvalue weighted by molar-refractivity contribution is -0.139. The molecule has 17 heavy (non-hydrogen) atoms. The van der Waals surface area contributed by atoms with Gasteiger partial charge in [0.1, 0.15) is 6.04 Å². The van der Waals surface area contributed by atoms with Crippen LogP contribution in [0.4, 0.5) is 9.93 Å². The maximum atomic E-state index is 11.5. The van der Waals surface area contributed by atoms with Crippen molar-refractivity contribution in [3.63, 3.8) is 0 Å². The van der Waals surface area contributed by atoms with Gasteiger partial charge in [0.25, 0.3) is 0 Å². The van der Waals surface area contributed by atoms with Gasteiger partial charge in [-0.25, -0.2) is 14.6 Å². The average Bonchev–Trinajstić information content (AvgIpc) is 2.54. The molecule has 0 fully saturated rings. The van der Waals surface area contributed by atoms with E-state index >= 15 is 0 Å². The summed E-state index contributed by atoms with van der Waals surface area (Å²) in [4.78, 5) is 27.4. The molecule has 0 aliphatic heterocycles. The van der Waals surface area contributed by atoms with Gasteiger partial charge in [0.05, 0.1) is 5.69 Å². The predicted molar refractivity (Wildman–Crippen MR) is 65.5 cm³/mol. The molecule has 1 aromatic heterocycles. The Labute approximate surface area is 103 Å². The summed E-state index contributed by atoms with van der Waals surface area (Å²) in [5, 5.41) is 14.1. The molecule has 3 N–H and O–H groups in total. The molecule has 1 unspecified atom stereocenters. The van der Waals surface area contributed by atoms with Crippen molar-refractivity contribution in [1.29, 1.82) is 0 Å². The lowest BCUT2D eigenvalue weighted by Gasteiger charge is -2.11. The van der Waals surface area contributed by atoms with Gasteiger partial charge in [-0.15, -0.1) is 11.3 Å². The number of carbonyl (C=O) groups excluding carboxylic acids is 1. The number of nitrogens with one attached hydrogen (secondary N) is 2. The van der Waals surface area contributed by atoms with Crippen molar-refractivity contribution in [3.05, 3.63) is 10.6 Å². The number of hydrogen-bond acceptors (Lipinski definition) is 4. The maximum Gasteiger partial charge on any atom is 0.326 e. The third-order valence-corrected chi connectivity index (χ3v) is 3.25. The second-order valence-corrected chi connectivity index (χ2v) is 4.76. The van der Waals surface area contributed by atoms with Gasteiger partial charge in [0.15, 0.2) is 5.13 Å². The van der Waals surface area contributed by atoms with Crippen LogP contribution in [0.1, 0.15) is 23.9 Å². The number of carboxylic acids is 1. The van der Waals surface area contributed by atoms with Crippen molar-refractivity contribution in [2.24, 2.45) is 0 Å². The van der Waals surface area contributed by atoms with Crippen molar-refractivity contribution in [2.75, 3.05) is 5.32 Å². The van der Waals surface area contributed by atoms with E-state index in [9.17, 15) is 9.59 Å². The number of rotatable bonds is 4. The minimum atomic E-state index is -1.05. The van der Waals surface area contributed by atoms with Crippen LogP contribution in [0.25, 0.3) is 0 Å². The minimum absolute atomic E-state index is 0.332. The van der Waals surface area contributed by atoms with Crippen molar-refractivity contribution in [1.82, 2.24) is 10.3 Å². The lowest BCUT2D eigenvalue weighted by Crippen LogP contribution is -2.42. The Bertz CT molecular complexity index is 411. The van der Waals surface area contributed by atoms with Crippen molar-refractivity contribution in [2.45, 2.75) is 33.2 Å². The molecule has 0 saturated carbocycles. The summed E-state index contributed by atoms with van der Waals surface area (Å²) in [6, 6.07) is -1.43.